The van der Waals surface area contributed by atoms with Crippen LogP contribution in [0.1, 0.15) is 35.4 Å². The van der Waals surface area contributed by atoms with Crippen LogP contribution >= 0.6 is 24.8 Å². The van der Waals surface area contributed by atoms with E-state index in [1.54, 1.807) is 22.4 Å². The molecule has 0 saturated carbocycles. The Hall–Kier alpha value is -2.82. The van der Waals surface area contributed by atoms with E-state index >= 15 is 0 Å². The van der Waals surface area contributed by atoms with E-state index in [0.717, 1.165) is 36.5 Å². The Morgan fingerprint density at radius 2 is 2.12 bits per heavy atom. The van der Waals surface area contributed by atoms with Crippen molar-refractivity contribution in [2.24, 2.45) is 0 Å². The van der Waals surface area contributed by atoms with Crippen molar-refractivity contribution in [1.82, 2.24) is 15.3 Å². The molecule has 0 saturated heterocycles. The maximum Gasteiger partial charge on any atom is 0.263 e. The summed E-state index contributed by atoms with van der Waals surface area (Å²) in [4.78, 5) is 26.1. The lowest BCUT2D eigenvalue weighted by Crippen LogP contribution is -2.33. The van der Waals surface area contributed by atoms with E-state index < -0.39 is 0 Å². The molecule has 2 N–H and O–H groups in total. The third kappa shape index (κ3) is 5.81. The Kier molecular flexibility index (Phi) is 9.14. The highest BCUT2D eigenvalue weighted by atomic mass is 32.1. The molecule has 2 aromatic heterocycles. The highest BCUT2D eigenvalue weighted by Gasteiger charge is 2.28. The van der Waals surface area contributed by atoms with Crippen molar-refractivity contribution < 1.29 is 9.53 Å². The van der Waals surface area contributed by atoms with E-state index in [9.17, 15) is 4.79 Å². The Labute approximate surface area is 211 Å². The molecule has 1 aliphatic heterocycles. The van der Waals surface area contributed by atoms with Gasteiger partial charge in [-0.3, -0.25) is 4.79 Å². The first-order chi connectivity index (χ1) is 16.1. The van der Waals surface area contributed by atoms with Crippen LogP contribution in [0.4, 0.5) is 17.5 Å². The number of hydrogen-bond donors (Lipinski definition) is 2. The number of rotatable bonds is 9. The normalized spacial score (nSPS) is 14.1. The van der Waals surface area contributed by atoms with E-state index in [-0.39, 0.29) is 25.5 Å². The van der Waals surface area contributed by atoms with Crippen LogP contribution in [0.3, 0.4) is 0 Å². The predicted octanol–water partition coefficient (Wildman–Crippen LogP) is 3.91. The SMILES string of the molecule is CCNc1ncc2c(n1)N(C)CCN(c1cccc(O[C@H](CCNC)c3ccsc3)c1)C2=O.S. The second kappa shape index (κ2) is 12.0. The summed E-state index contributed by atoms with van der Waals surface area (Å²) < 4.78 is 6.38. The molecule has 0 aliphatic carbocycles. The third-order valence-electron chi connectivity index (χ3n) is 5.58. The molecule has 1 aromatic carbocycles. The lowest BCUT2D eigenvalue weighted by molar-refractivity contribution is 0.0989. The molecule has 1 aliphatic rings. The molecule has 4 rings (SSSR count). The molecule has 0 bridgehead atoms. The van der Waals surface area contributed by atoms with E-state index in [4.69, 9.17) is 4.74 Å². The van der Waals surface area contributed by atoms with Gasteiger partial charge in [0.1, 0.15) is 23.2 Å². The summed E-state index contributed by atoms with van der Waals surface area (Å²) in [5, 5.41) is 10.5. The Bertz CT molecular complexity index is 1080. The average Bonchev–Trinajstić information content (AvgIpc) is 3.33. The van der Waals surface area contributed by atoms with Gasteiger partial charge in [0, 0.05) is 56.6 Å². The van der Waals surface area contributed by atoms with Crippen LogP contribution in [0, 0.1) is 0 Å². The van der Waals surface area contributed by atoms with Crippen molar-refractivity contribution >= 4 is 48.2 Å². The van der Waals surface area contributed by atoms with E-state index in [1.165, 1.54) is 0 Å². The summed E-state index contributed by atoms with van der Waals surface area (Å²) in [6.45, 7) is 4.76. The molecule has 34 heavy (non-hydrogen) atoms. The number of anilines is 3. The van der Waals surface area contributed by atoms with Crippen LogP contribution in [-0.2, 0) is 0 Å². The molecular weight excluding hydrogens is 468 g/mol. The van der Waals surface area contributed by atoms with E-state index in [0.29, 0.717) is 30.4 Å². The van der Waals surface area contributed by atoms with Gasteiger partial charge in [0.2, 0.25) is 5.95 Å². The minimum Gasteiger partial charge on any atom is -0.486 e. The van der Waals surface area contributed by atoms with Gasteiger partial charge in [-0.1, -0.05) is 6.07 Å². The molecular formula is C24H32N6O2S2. The van der Waals surface area contributed by atoms with Crippen molar-refractivity contribution in [1.29, 1.82) is 0 Å². The van der Waals surface area contributed by atoms with Crippen LogP contribution < -0.4 is 25.2 Å². The number of fused-ring (bicyclic) bond motifs is 1. The van der Waals surface area contributed by atoms with Gasteiger partial charge < -0.3 is 25.2 Å². The number of hydrogen-bond acceptors (Lipinski definition) is 8. The first-order valence-electron chi connectivity index (χ1n) is 11.2. The van der Waals surface area contributed by atoms with Crippen LogP contribution in [0.2, 0.25) is 0 Å². The number of amides is 1. The monoisotopic (exact) mass is 500 g/mol. The minimum absolute atomic E-state index is 0. The molecule has 10 heteroatoms. The summed E-state index contributed by atoms with van der Waals surface area (Å²) in [5.41, 5.74) is 2.45. The second-order valence-corrected chi connectivity index (χ2v) is 8.67. The van der Waals surface area contributed by atoms with Crippen LogP contribution in [0.25, 0.3) is 0 Å². The number of nitrogens with zero attached hydrogens (tertiary/aromatic N) is 4. The molecule has 0 fully saturated rings. The summed E-state index contributed by atoms with van der Waals surface area (Å²) in [6.07, 6.45) is 2.41. The van der Waals surface area contributed by atoms with Crippen molar-refractivity contribution in [3.8, 4) is 5.75 Å². The molecule has 0 radical (unpaired) electrons. The number of ether oxygens (including phenoxy) is 1. The Morgan fingerprint density at radius 3 is 2.85 bits per heavy atom. The molecule has 8 nitrogen and oxygen atoms in total. The summed E-state index contributed by atoms with van der Waals surface area (Å²) in [5.74, 6) is 1.80. The van der Waals surface area contributed by atoms with Crippen LogP contribution in [0.5, 0.6) is 5.75 Å². The van der Waals surface area contributed by atoms with Gasteiger partial charge in [0.25, 0.3) is 5.91 Å². The van der Waals surface area contributed by atoms with Gasteiger partial charge in [-0.25, -0.2) is 4.98 Å². The van der Waals surface area contributed by atoms with Gasteiger partial charge in [0.15, 0.2) is 0 Å². The van der Waals surface area contributed by atoms with Gasteiger partial charge in [0.05, 0.1) is 0 Å². The van der Waals surface area contributed by atoms with Gasteiger partial charge in [-0.05, 0) is 49.5 Å². The third-order valence-corrected chi connectivity index (χ3v) is 6.28. The first kappa shape index (κ1) is 25.8. The smallest absolute Gasteiger partial charge is 0.263 e. The van der Waals surface area contributed by atoms with Gasteiger partial charge in [-0.15, -0.1) is 0 Å². The highest BCUT2D eigenvalue weighted by Crippen LogP contribution is 2.31. The first-order valence-corrected chi connectivity index (χ1v) is 12.1. The lowest BCUT2D eigenvalue weighted by Gasteiger charge is -2.23. The number of benzene rings is 1. The number of nitrogens with one attached hydrogen (secondary N) is 2. The summed E-state index contributed by atoms with van der Waals surface area (Å²) in [6, 6.07) is 9.85. The average molecular weight is 501 g/mol. The van der Waals surface area contributed by atoms with E-state index in [1.807, 2.05) is 50.2 Å². The summed E-state index contributed by atoms with van der Waals surface area (Å²) >= 11 is 1.66. The van der Waals surface area contributed by atoms with Crippen LogP contribution in [-0.4, -0.2) is 56.1 Å². The van der Waals surface area contributed by atoms with Crippen molar-refractivity contribution in [2.45, 2.75) is 19.4 Å². The maximum atomic E-state index is 13.5. The molecule has 0 unspecified atom stereocenters. The zero-order valence-corrected chi connectivity index (χ0v) is 21.6. The van der Waals surface area contributed by atoms with E-state index in [2.05, 4.69) is 37.4 Å². The summed E-state index contributed by atoms with van der Waals surface area (Å²) in [7, 11) is 3.89. The number of aromatic nitrogens is 2. The lowest BCUT2D eigenvalue weighted by atomic mass is 10.1. The Morgan fingerprint density at radius 1 is 1.26 bits per heavy atom. The standard InChI is InChI=1S/C24H30N6O2S.H2S/c1-4-26-24-27-15-20-22(28-24)29(3)11-12-30(23(20)31)18-6-5-7-19(14-18)32-21(8-10-25-2)17-9-13-33-16-17;/h5-7,9,13-16,21,25H,4,8,10-12H2,1-3H3,(H,26,27,28);1H2/t21-;/m1./s1. The van der Waals surface area contributed by atoms with Gasteiger partial charge in [-0.2, -0.15) is 29.8 Å². The maximum absolute atomic E-state index is 13.5. The number of thiophene rings is 1. The fourth-order valence-corrected chi connectivity index (χ4v) is 4.53. The number of likely N-dealkylation sites (N-methyl/N-ethyl adjacent to an activating group) is 1. The van der Waals surface area contributed by atoms with Crippen molar-refractivity contribution in [3.63, 3.8) is 0 Å². The highest BCUT2D eigenvalue weighted by molar-refractivity contribution is 7.59. The molecule has 3 heterocycles. The van der Waals surface area contributed by atoms with Crippen molar-refractivity contribution in [3.05, 3.63) is 58.4 Å². The predicted molar refractivity (Wildman–Crippen MR) is 144 cm³/mol. The zero-order chi connectivity index (χ0) is 23.2. The molecule has 1 atom stereocenters. The van der Waals surface area contributed by atoms with Gasteiger partial charge >= 0.3 is 0 Å². The van der Waals surface area contributed by atoms with Crippen LogP contribution in [0.15, 0.2) is 47.3 Å². The molecule has 1 amide bonds. The topological polar surface area (TPSA) is 82.6 Å². The molecule has 182 valence electrons. The zero-order valence-electron chi connectivity index (χ0n) is 19.7. The fourth-order valence-electron chi connectivity index (χ4n) is 3.82. The molecule has 0 spiro atoms. The fraction of sp³-hybridized carbons (Fsp3) is 0.375. The number of carbonyl (C=O) groups excluding carboxylic acids is 1. The second-order valence-electron chi connectivity index (χ2n) is 7.89. The largest absolute Gasteiger partial charge is 0.486 e. The quantitative estimate of drug-likeness (QED) is 0.461. The molecule has 3 aromatic rings. The van der Waals surface area contributed by atoms with Crippen molar-refractivity contribution in [2.75, 3.05) is 55.4 Å². The Balaban J connectivity index is 0.00000324. The number of carbonyl (C=O) groups is 1. The minimum atomic E-state index is -0.112.